The van der Waals surface area contributed by atoms with Crippen LogP contribution < -0.4 is 5.32 Å². The molecule has 4 nitrogen and oxygen atoms in total. The van der Waals surface area contributed by atoms with Gasteiger partial charge in [0.1, 0.15) is 11.4 Å². The maximum absolute atomic E-state index is 13.3. The number of carbonyl (C=O) groups excluding carboxylic acids is 1. The number of rotatable bonds is 3. The molecule has 1 aliphatic carbocycles. The summed E-state index contributed by atoms with van der Waals surface area (Å²) < 4.78 is 73.6. The molecular formula is C11H8ClF4NO3S. The van der Waals surface area contributed by atoms with E-state index >= 15 is 0 Å². The monoisotopic (exact) mass is 345 g/mol. The van der Waals surface area contributed by atoms with E-state index < -0.39 is 42.9 Å². The minimum Gasteiger partial charge on any atom is -0.338 e. The van der Waals surface area contributed by atoms with Gasteiger partial charge < -0.3 is 5.32 Å². The van der Waals surface area contributed by atoms with Gasteiger partial charge in [-0.25, -0.2) is 12.8 Å². The van der Waals surface area contributed by atoms with Gasteiger partial charge in [0.15, 0.2) is 0 Å². The average Bonchev–Trinajstić information content (AvgIpc) is 3.07. The lowest BCUT2D eigenvalue weighted by molar-refractivity contribution is -0.163. The summed E-state index contributed by atoms with van der Waals surface area (Å²) in [6.45, 7) is 0. The first kappa shape index (κ1) is 16.0. The second-order valence-corrected chi connectivity index (χ2v) is 7.21. The van der Waals surface area contributed by atoms with Gasteiger partial charge in [0.25, 0.3) is 15.0 Å². The van der Waals surface area contributed by atoms with E-state index in [1.807, 2.05) is 0 Å². The Kier molecular flexibility index (Phi) is 3.69. The van der Waals surface area contributed by atoms with Gasteiger partial charge in [-0.1, -0.05) is 0 Å². The quantitative estimate of drug-likeness (QED) is 0.676. The third kappa shape index (κ3) is 3.29. The molecule has 2 rings (SSSR count). The molecule has 1 aliphatic rings. The number of hydrogen-bond donors (Lipinski definition) is 1. The van der Waals surface area contributed by atoms with Crippen molar-refractivity contribution in [3.8, 4) is 0 Å². The highest BCUT2D eigenvalue weighted by molar-refractivity contribution is 8.13. The van der Waals surface area contributed by atoms with Crippen LogP contribution in [0.15, 0.2) is 23.1 Å². The minimum absolute atomic E-state index is 0.280. The summed E-state index contributed by atoms with van der Waals surface area (Å²) in [6, 6.07) is 1.91. The number of halogens is 5. The molecule has 10 heteroatoms. The second-order valence-electron chi connectivity index (χ2n) is 4.65. The van der Waals surface area contributed by atoms with Crippen LogP contribution in [0.1, 0.15) is 23.2 Å². The van der Waals surface area contributed by atoms with Crippen LogP contribution in [0.2, 0.25) is 0 Å². The van der Waals surface area contributed by atoms with Gasteiger partial charge in [-0.15, -0.1) is 0 Å². The van der Waals surface area contributed by atoms with Crippen molar-refractivity contribution in [2.75, 3.05) is 0 Å². The van der Waals surface area contributed by atoms with E-state index in [0.29, 0.717) is 18.2 Å². The maximum Gasteiger partial charge on any atom is 0.411 e. The summed E-state index contributed by atoms with van der Waals surface area (Å²) in [6.07, 6.45) is -5.19. The minimum atomic E-state index is -4.63. The summed E-state index contributed by atoms with van der Waals surface area (Å²) in [4.78, 5) is 11.1. The third-order valence-electron chi connectivity index (χ3n) is 3.06. The highest BCUT2D eigenvalue weighted by atomic mass is 35.7. The summed E-state index contributed by atoms with van der Waals surface area (Å²) in [7, 11) is 0.711. The summed E-state index contributed by atoms with van der Waals surface area (Å²) in [5.41, 5.74) is -2.87. The molecule has 1 aromatic carbocycles. The van der Waals surface area contributed by atoms with Gasteiger partial charge in [-0.3, -0.25) is 4.79 Å². The fourth-order valence-corrected chi connectivity index (χ4v) is 2.52. The number of nitrogens with one attached hydrogen (secondary N) is 1. The Bertz CT molecular complexity index is 698. The summed E-state index contributed by atoms with van der Waals surface area (Å²) >= 11 is 0. The third-order valence-corrected chi connectivity index (χ3v) is 4.39. The van der Waals surface area contributed by atoms with Crippen LogP contribution in [0.4, 0.5) is 17.6 Å². The van der Waals surface area contributed by atoms with Gasteiger partial charge in [0, 0.05) is 16.2 Å². The van der Waals surface area contributed by atoms with E-state index in [1.165, 1.54) is 0 Å². The highest BCUT2D eigenvalue weighted by Crippen LogP contribution is 2.49. The molecule has 1 N–H and O–H groups in total. The number of hydrogen-bond acceptors (Lipinski definition) is 3. The van der Waals surface area contributed by atoms with Crippen molar-refractivity contribution in [1.82, 2.24) is 5.32 Å². The van der Waals surface area contributed by atoms with Crippen LogP contribution in [-0.4, -0.2) is 26.0 Å². The van der Waals surface area contributed by atoms with E-state index in [1.54, 1.807) is 5.32 Å². The Balaban J connectivity index is 2.31. The largest absolute Gasteiger partial charge is 0.411 e. The highest BCUT2D eigenvalue weighted by Gasteiger charge is 2.64. The van der Waals surface area contributed by atoms with Crippen LogP contribution in [0, 0.1) is 5.82 Å². The first-order valence-corrected chi connectivity index (χ1v) is 7.90. The molecule has 0 aliphatic heterocycles. The number of carbonyl (C=O) groups is 1. The SMILES string of the molecule is O=C(NC1(C(F)(F)F)CC1)c1cc(F)cc(S(=O)(=O)Cl)c1. The van der Waals surface area contributed by atoms with E-state index in [-0.39, 0.29) is 12.8 Å². The van der Waals surface area contributed by atoms with Crippen LogP contribution >= 0.6 is 10.7 Å². The number of benzene rings is 1. The molecule has 0 atom stereocenters. The summed E-state index contributed by atoms with van der Waals surface area (Å²) in [5.74, 6) is -2.32. The Labute approximate surface area is 121 Å². The molecule has 0 bridgehead atoms. The van der Waals surface area contributed by atoms with Crippen molar-refractivity contribution in [3.05, 3.63) is 29.6 Å². The van der Waals surface area contributed by atoms with E-state index in [2.05, 4.69) is 0 Å². The van der Waals surface area contributed by atoms with Gasteiger partial charge in [0.2, 0.25) is 0 Å². The lowest BCUT2D eigenvalue weighted by atomic mass is 10.1. The first-order chi connectivity index (χ1) is 9.45. The second kappa shape index (κ2) is 4.84. The first-order valence-electron chi connectivity index (χ1n) is 5.59. The zero-order valence-corrected chi connectivity index (χ0v) is 11.7. The Morgan fingerprint density at radius 2 is 1.81 bits per heavy atom. The Morgan fingerprint density at radius 1 is 1.24 bits per heavy atom. The molecule has 0 spiro atoms. The summed E-state index contributed by atoms with van der Waals surface area (Å²) in [5, 5.41) is 1.76. The number of alkyl halides is 3. The zero-order valence-electron chi connectivity index (χ0n) is 10.2. The molecule has 1 amide bonds. The lowest BCUT2D eigenvalue weighted by Crippen LogP contribution is -2.47. The predicted octanol–water partition coefficient (Wildman–Crippen LogP) is 2.58. The fraction of sp³-hybridized carbons (Fsp3) is 0.364. The van der Waals surface area contributed by atoms with Crippen molar-refractivity contribution >= 4 is 25.6 Å². The Hall–Kier alpha value is -1.35. The molecule has 0 heterocycles. The zero-order chi connectivity index (χ0) is 16.1. The molecule has 1 fully saturated rings. The van der Waals surface area contributed by atoms with Crippen LogP contribution in [0.5, 0.6) is 0 Å². The van der Waals surface area contributed by atoms with Crippen molar-refractivity contribution in [1.29, 1.82) is 0 Å². The molecule has 21 heavy (non-hydrogen) atoms. The lowest BCUT2D eigenvalue weighted by Gasteiger charge is -2.20. The predicted molar refractivity (Wildman–Crippen MR) is 64.9 cm³/mol. The average molecular weight is 346 g/mol. The van der Waals surface area contributed by atoms with Crippen molar-refractivity contribution in [2.24, 2.45) is 0 Å². The fourth-order valence-electron chi connectivity index (χ4n) is 1.73. The van der Waals surface area contributed by atoms with Gasteiger partial charge in [0.05, 0.1) is 4.90 Å². The van der Waals surface area contributed by atoms with Crippen LogP contribution in [0.3, 0.4) is 0 Å². The normalized spacial score (nSPS) is 17.4. The van der Waals surface area contributed by atoms with Gasteiger partial charge in [-0.05, 0) is 31.0 Å². The molecule has 1 saturated carbocycles. The smallest absolute Gasteiger partial charge is 0.338 e. The molecule has 1 aromatic rings. The molecule has 116 valence electrons. The maximum atomic E-state index is 13.3. The van der Waals surface area contributed by atoms with Gasteiger partial charge in [-0.2, -0.15) is 13.2 Å². The number of amides is 1. The topological polar surface area (TPSA) is 63.2 Å². The van der Waals surface area contributed by atoms with E-state index in [9.17, 15) is 30.8 Å². The van der Waals surface area contributed by atoms with Gasteiger partial charge >= 0.3 is 6.18 Å². The van der Waals surface area contributed by atoms with Crippen LogP contribution in [-0.2, 0) is 9.05 Å². The van der Waals surface area contributed by atoms with Crippen molar-refractivity contribution in [3.63, 3.8) is 0 Å². The molecular weight excluding hydrogens is 338 g/mol. The molecule has 0 saturated heterocycles. The molecule has 0 unspecified atom stereocenters. The molecule has 0 radical (unpaired) electrons. The van der Waals surface area contributed by atoms with Crippen molar-refractivity contribution < 1.29 is 30.8 Å². The van der Waals surface area contributed by atoms with Crippen LogP contribution in [0.25, 0.3) is 0 Å². The van der Waals surface area contributed by atoms with Crippen molar-refractivity contribution in [2.45, 2.75) is 29.5 Å². The van der Waals surface area contributed by atoms with E-state index in [4.69, 9.17) is 10.7 Å². The van der Waals surface area contributed by atoms with E-state index in [0.717, 1.165) is 0 Å². The molecule has 0 aromatic heterocycles. The standard InChI is InChI=1S/C11H8ClF4NO3S/c12-21(19,20)8-4-6(3-7(13)5-8)9(18)17-10(1-2-10)11(14,15)16/h3-5H,1-2H2,(H,17,18). The Morgan fingerprint density at radius 3 is 2.24 bits per heavy atom.